The normalized spacial score (nSPS) is 20.6. The van der Waals surface area contributed by atoms with Gasteiger partial charge in [-0.3, -0.25) is 9.36 Å². The highest BCUT2D eigenvalue weighted by Crippen LogP contribution is 2.57. The first-order valence-corrected chi connectivity index (χ1v) is 17.8. The summed E-state index contributed by atoms with van der Waals surface area (Å²) in [5, 5.41) is 0. The second kappa shape index (κ2) is 15.1. The van der Waals surface area contributed by atoms with E-state index in [1.165, 1.54) is 14.2 Å². The molecule has 1 fully saturated rings. The molecule has 14 heteroatoms. The Morgan fingerprint density at radius 1 is 0.898 bits per heavy atom. The van der Waals surface area contributed by atoms with Gasteiger partial charge in [-0.15, -0.1) is 0 Å². The molecule has 1 saturated heterocycles. The molecule has 13 nitrogen and oxygen atoms in total. The van der Waals surface area contributed by atoms with Crippen molar-refractivity contribution in [1.29, 1.82) is 0 Å². The summed E-state index contributed by atoms with van der Waals surface area (Å²) in [6, 6.07) is 16.3. The van der Waals surface area contributed by atoms with Crippen molar-refractivity contribution in [1.82, 2.24) is 0 Å². The predicted octanol–water partition coefficient (Wildman–Crippen LogP) is 6.41. The number of carbonyl (C=O) groups is 2. The van der Waals surface area contributed by atoms with Crippen molar-refractivity contribution in [3.63, 3.8) is 0 Å². The topological polar surface area (TPSA) is 144 Å². The minimum atomic E-state index is -3.38. The van der Waals surface area contributed by atoms with E-state index in [9.17, 15) is 14.2 Å². The molecule has 1 aliphatic carbocycles. The van der Waals surface area contributed by atoms with E-state index >= 15 is 0 Å². The maximum absolute atomic E-state index is 13.5. The molecule has 0 radical (unpaired) electrons. The Morgan fingerprint density at radius 2 is 1.55 bits per heavy atom. The Hall–Kier alpha value is -4.29. The number of esters is 1. The molecule has 2 aliphatic heterocycles. The molecule has 0 saturated carbocycles. The van der Waals surface area contributed by atoms with Crippen LogP contribution in [0.15, 0.2) is 54.6 Å². The molecule has 49 heavy (non-hydrogen) atoms. The van der Waals surface area contributed by atoms with Gasteiger partial charge in [-0.25, -0.2) is 4.79 Å². The number of cyclic esters (lactones) is 1. The van der Waals surface area contributed by atoms with Crippen molar-refractivity contribution in [2.45, 2.75) is 32.5 Å². The molecule has 0 aromatic heterocycles. The highest BCUT2D eigenvalue weighted by Gasteiger charge is 2.53. The average Bonchev–Trinajstić information content (AvgIpc) is 3.73. The summed E-state index contributed by atoms with van der Waals surface area (Å²) in [6.07, 6.45) is -1.52. The number of ether oxygens (including phenoxy) is 8. The second-order valence-electron chi connectivity index (χ2n) is 11.5. The zero-order chi connectivity index (χ0) is 34.5. The van der Waals surface area contributed by atoms with Gasteiger partial charge in [0.2, 0.25) is 12.5 Å². The Bertz CT molecular complexity index is 1680. The Kier molecular flexibility index (Phi) is 10.6. The molecule has 1 unspecified atom stereocenters. The van der Waals surface area contributed by atoms with Crippen LogP contribution in [-0.4, -0.2) is 65.7 Å². The Balaban J connectivity index is 1.34. The van der Waals surface area contributed by atoms with Crippen LogP contribution in [0.5, 0.6) is 28.7 Å². The van der Waals surface area contributed by atoms with Crippen LogP contribution >= 0.6 is 7.60 Å². The van der Waals surface area contributed by atoms with Crippen LogP contribution in [0.2, 0.25) is 0 Å². The van der Waals surface area contributed by atoms with E-state index in [0.717, 1.165) is 16.7 Å². The standard InChI is InChI=1S/C35H39O13P/c1-5-46-49(38,47-6-2)13-12-41-32-24-17-27-26(44-20-45-27)16-23(24)30(31-25(32)19-42-34(31)36)22-14-28(39-3)33(29(15-22)40-4)48-35(37)43-18-21-10-8-7-9-11-21/h7-11,14-17,25,30-32H,5-6,12-13,18-20H2,1-4H3/t25?,30-,31+,32-/m1/s1. The lowest BCUT2D eigenvalue weighted by atomic mass is 9.66. The molecule has 0 bridgehead atoms. The van der Waals surface area contributed by atoms with Gasteiger partial charge in [0.15, 0.2) is 23.0 Å². The number of methoxy groups -OCH3 is 2. The summed E-state index contributed by atoms with van der Waals surface area (Å²) < 4.78 is 69.9. The molecule has 3 aliphatic rings. The van der Waals surface area contributed by atoms with Crippen molar-refractivity contribution in [2.75, 3.05) is 53.6 Å². The largest absolute Gasteiger partial charge is 0.514 e. The number of fused-ring (bicyclic) bond motifs is 3. The monoisotopic (exact) mass is 698 g/mol. The van der Waals surface area contributed by atoms with E-state index in [0.29, 0.717) is 17.1 Å². The van der Waals surface area contributed by atoms with Gasteiger partial charge in [-0.05, 0) is 60.4 Å². The van der Waals surface area contributed by atoms with E-state index in [2.05, 4.69) is 0 Å². The summed E-state index contributed by atoms with van der Waals surface area (Å²) in [7, 11) is -0.503. The van der Waals surface area contributed by atoms with Crippen LogP contribution in [0, 0.1) is 11.8 Å². The van der Waals surface area contributed by atoms with Crippen LogP contribution in [0.1, 0.15) is 48.1 Å². The maximum Gasteiger partial charge on any atom is 0.514 e. The average molecular weight is 699 g/mol. The molecule has 6 rings (SSSR count). The molecule has 0 spiro atoms. The molecule has 262 valence electrons. The van der Waals surface area contributed by atoms with Gasteiger partial charge in [-0.2, -0.15) is 0 Å². The van der Waals surface area contributed by atoms with E-state index in [4.69, 9.17) is 46.9 Å². The quantitative estimate of drug-likeness (QED) is 0.104. The van der Waals surface area contributed by atoms with Crippen LogP contribution in [-0.2, 0) is 39.2 Å². The zero-order valence-corrected chi connectivity index (χ0v) is 28.6. The van der Waals surface area contributed by atoms with E-state index < -0.39 is 43.6 Å². The molecule has 0 N–H and O–H groups in total. The molecule has 3 aromatic carbocycles. The fraction of sp³-hybridized carbons (Fsp3) is 0.429. The van der Waals surface area contributed by atoms with Crippen molar-refractivity contribution in [3.05, 3.63) is 76.9 Å². The zero-order valence-electron chi connectivity index (χ0n) is 27.7. The van der Waals surface area contributed by atoms with E-state index in [1.807, 2.05) is 42.5 Å². The summed E-state index contributed by atoms with van der Waals surface area (Å²) in [4.78, 5) is 26.3. The van der Waals surface area contributed by atoms with Gasteiger partial charge in [0, 0.05) is 11.8 Å². The molecule has 4 atom stereocenters. The Labute approximate surface area is 284 Å². The first-order chi connectivity index (χ1) is 23.8. The molecular weight excluding hydrogens is 659 g/mol. The highest BCUT2D eigenvalue weighted by molar-refractivity contribution is 7.53. The lowest BCUT2D eigenvalue weighted by Crippen LogP contribution is -2.36. The van der Waals surface area contributed by atoms with Crippen molar-refractivity contribution >= 4 is 19.7 Å². The molecular formula is C35H39O13P. The van der Waals surface area contributed by atoms with Gasteiger partial charge in [-0.1, -0.05) is 30.3 Å². The van der Waals surface area contributed by atoms with Crippen LogP contribution in [0.25, 0.3) is 0 Å². The number of hydrogen-bond acceptors (Lipinski definition) is 13. The Morgan fingerprint density at radius 3 is 2.18 bits per heavy atom. The van der Waals surface area contributed by atoms with Gasteiger partial charge >= 0.3 is 19.7 Å². The summed E-state index contributed by atoms with van der Waals surface area (Å²) >= 11 is 0. The summed E-state index contributed by atoms with van der Waals surface area (Å²) in [5.41, 5.74) is 2.94. The first-order valence-electron chi connectivity index (χ1n) is 16.0. The van der Waals surface area contributed by atoms with Gasteiger partial charge in [0.05, 0.1) is 58.8 Å². The van der Waals surface area contributed by atoms with Crippen molar-refractivity contribution in [2.24, 2.45) is 11.8 Å². The molecule has 0 amide bonds. The summed E-state index contributed by atoms with van der Waals surface area (Å²) in [6.45, 7) is 4.17. The van der Waals surface area contributed by atoms with Gasteiger partial charge < -0.3 is 46.9 Å². The van der Waals surface area contributed by atoms with E-state index in [1.54, 1.807) is 26.0 Å². The predicted molar refractivity (Wildman–Crippen MR) is 174 cm³/mol. The minimum Gasteiger partial charge on any atom is -0.493 e. The summed E-state index contributed by atoms with van der Waals surface area (Å²) in [5.74, 6) is -0.595. The third-order valence-electron chi connectivity index (χ3n) is 8.66. The van der Waals surface area contributed by atoms with Crippen LogP contribution in [0.4, 0.5) is 4.79 Å². The third-order valence-corrected chi connectivity index (χ3v) is 10.7. The van der Waals surface area contributed by atoms with Crippen molar-refractivity contribution in [3.8, 4) is 28.7 Å². The number of carbonyl (C=O) groups excluding carboxylic acids is 2. The fourth-order valence-corrected chi connectivity index (χ4v) is 8.03. The number of hydrogen-bond donors (Lipinski definition) is 0. The molecule has 2 heterocycles. The van der Waals surface area contributed by atoms with Gasteiger partial charge in [0.1, 0.15) is 6.61 Å². The minimum absolute atomic E-state index is 0.0145. The smallest absolute Gasteiger partial charge is 0.493 e. The lowest BCUT2D eigenvalue weighted by Gasteiger charge is -2.39. The SMILES string of the molecule is CCOP(=O)(CCO[C@@H]1c2cc3c(cc2[C@@H](c2cc(OC)c(OC(=O)OCc4ccccc4)c(OC)c2)[C@H]2C(=O)OCC12)OCO3)OCC. The third kappa shape index (κ3) is 7.21. The molecule has 3 aromatic rings. The number of benzene rings is 3. The van der Waals surface area contributed by atoms with Crippen molar-refractivity contribution < 1.29 is 61.1 Å². The maximum atomic E-state index is 13.5. The van der Waals surface area contributed by atoms with Gasteiger partial charge in [0.25, 0.3) is 0 Å². The lowest BCUT2D eigenvalue weighted by molar-refractivity contribution is -0.141. The first kappa shape index (κ1) is 34.6. The second-order valence-corrected chi connectivity index (χ2v) is 13.7. The highest BCUT2D eigenvalue weighted by atomic mass is 31.2. The number of rotatable bonds is 14. The van der Waals surface area contributed by atoms with E-state index in [-0.39, 0.29) is 63.2 Å². The van der Waals surface area contributed by atoms with Crippen LogP contribution in [0.3, 0.4) is 0 Å². The van der Waals surface area contributed by atoms with Crippen LogP contribution < -0.4 is 23.7 Å². The fourth-order valence-electron chi connectivity index (χ4n) is 6.59.